The normalized spacial score (nSPS) is 9.81. The highest BCUT2D eigenvalue weighted by atomic mass is 16.6. The molecule has 0 aliphatic rings. The van der Waals surface area contributed by atoms with Crippen LogP contribution in [0.5, 0.6) is 0 Å². The number of hydrogen-bond donors (Lipinski definition) is 0. The van der Waals surface area contributed by atoms with Crippen LogP contribution in [0.1, 0.15) is 0 Å². The van der Waals surface area contributed by atoms with E-state index in [2.05, 4.69) is 0 Å². The highest BCUT2D eigenvalue weighted by Gasteiger charge is 2.17. The molecule has 0 amide bonds. The van der Waals surface area contributed by atoms with E-state index in [1.165, 1.54) is 0 Å². The predicted octanol–water partition coefficient (Wildman–Crippen LogP) is 3.33. The van der Waals surface area contributed by atoms with Crippen molar-refractivity contribution in [2.75, 3.05) is 23.9 Å². The third-order valence-electron chi connectivity index (χ3n) is 3.20. The van der Waals surface area contributed by atoms with Crippen LogP contribution >= 0.6 is 0 Å². The first-order valence-corrected chi connectivity index (χ1v) is 6.52. The van der Waals surface area contributed by atoms with Crippen LogP contribution in [0.2, 0.25) is 0 Å². The van der Waals surface area contributed by atoms with Gasteiger partial charge in [0.2, 0.25) is 0 Å². The summed E-state index contributed by atoms with van der Waals surface area (Å²) in [5.74, 6) is 0.484. The van der Waals surface area contributed by atoms with E-state index in [1.807, 2.05) is 74.8 Å². The molecule has 0 aliphatic heterocycles. The molecule has 0 saturated heterocycles. The number of rotatable bonds is 5. The van der Waals surface area contributed by atoms with Crippen LogP contribution in [0.3, 0.4) is 0 Å². The van der Waals surface area contributed by atoms with E-state index in [4.69, 9.17) is 0 Å². The molecule has 5 nitrogen and oxygen atoms in total. The first-order valence-electron chi connectivity index (χ1n) is 6.52. The Balaban J connectivity index is 2.38. The van der Waals surface area contributed by atoms with Gasteiger partial charge in [0.15, 0.2) is 5.82 Å². The Morgan fingerprint density at radius 3 is 1.62 bits per heavy atom. The number of nitro groups is 1. The topological polar surface area (TPSA) is 49.6 Å². The van der Waals surface area contributed by atoms with E-state index in [1.54, 1.807) is 9.80 Å². The van der Waals surface area contributed by atoms with Gasteiger partial charge in [0.05, 0.1) is 4.92 Å². The standard InChI is InChI=1S/C16H17N3O2/c1-17(14-9-5-3-6-10-14)16(13-19(20)21)18(2)15-11-7-4-8-12-15/h3-13H,1-2H3. The van der Waals surface area contributed by atoms with Crippen LogP contribution in [0.15, 0.2) is 72.7 Å². The fourth-order valence-corrected chi connectivity index (χ4v) is 2.06. The molecule has 5 heteroatoms. The highest BCUT2D eigenvalue weighted by molar-refractivity contribution is 5.59. The van der Waals surface area contributed by atoms with Gasteiger partial charge in [-0.3, -0.25) is 10.1 Å². The summed E-state index contributed by atoms with van der Waals surface area (Å²) in [4.78, 5) is 14.1. The van der Waals surface area contributed by atoms with Gasteiger partial charge in [-0.25, -0.2) is 0 Å². The fraction of sp³-hybridized carbons (Fsp3) is 0.125. The zero-order valence-corrected chi connectivity index (χ0v) is 12.0. The summed E-state index contributed by atoms with van der Waals surface area (Å²) in [6.45, 7) is 0. The molecule has 0 heterocycles. The zero-order valence-electron chi connectivity index (χ0n) is 12.0. The molecule has 2 aromatic carbocycles. The lowest BCUT2D eigenvalue weighted by atomic mass is 10.2. The van der Waals surface area contributed by atoms with Gasteiger partial charge in [0.25, 0.3) is 6.20 Å². The Morgan fingerprint density at radius 1 is 0.905 bits per heavy atom. The third-order valence-corrected chi connectivity index (χ3v) is 3.20. The van der Waals surface area contributed by atoms with E-state index < -0.39 is 4.92 Å². The molecule has 0 unspecified atom stereocenters. The molecule has 0 radical (unpaired) electrons. The molecule has 0 fully saturated rings. The molecule has 21 heavy (non-hydrogen) atoms. The average molecular weight is 283 g/mol. The molecule has 2 rings (SSSR count). The van der Waals surface area contributed by atoms with E-state index >= 15 is 0 Å². The SMILES string of the molecule is CN(C(=C[N+](=O)[O-])N(C)c1ccccc1)c1ccccc1. The minimum atomic E-state index is -0.436. The number of hydrogen-bond acceptors (Lipinski definition) is 4. The Hall–Kier alpha value is -2.82. The van der Waals surface area contributed by atoms with E-state index in [0.29, 0.717) is 5.82 Å². The molecule has 0 N–H and O–H groups in total. The smallest absolute Gasteiger partial charge is 0.275 e. The maximum atomic E-state index is 11.0. The van der Waals surface area contributed by atoms with E-state index in [0.717, 1.165) is 17.6 Å². The first kappa shape index (κ1) is 14.6. The Labute approximate surface area is 123 Å². The molecular weight excluding hydrogens is 266 g/mol. The summed E-state index contributed by atoms with van der Waals surface area (Å²) in [5.41, 5.74) is 1.77. The first-order chi connectivity index (χ1) is 10.1. The lowest BCUT2D eigenvalue weighted by Gasteiger charge is -2.29. The van der Waals surface area contributed by atoms with E-state index in [-0.39, 0.29) is 0 Å². The van der Waals surface area contributed by atoms with E-state index in [9.17, 15) is 10.1 Å². The summed E-state index contributed by atoms with van der Waals surface area (Å²) in [6, 6.07) is 19.1. The average Bonchev–Trinajstić information content (AvgIpc) is 2.53. The summed E-state index contributed by atoms with van der Waals surface area (Å²) >= 11 is 0. The summed E-state index contributed by atoms with van der Waals surface area (Å²) < 4.78 is 0. The molecule has 108 valence electrons. The van der Waals surface area contributed by atoms with Crippen molar-refractivity contribution in [2.45, 2.75) is 0 Å². The summed E-state index contributed by atoms with van der Waals surface area (Å²) in [7, 11) is 3.62. The summed E-state index contributed by atoms with van der Waals surface area (Å²) in [6.07, 6.45) is 1.01. The minimum Gasteiger partial charge on any atom is -0.326 e. The monoisotopic (exact) mass is 283 g/mol. The summed E-state index contributed by atoms with van der Waals surface area (Å²) in [5, 5.41) is 11.0. The van der Waals surface area contributed by atoms with Gasteiger partial charge in [-0.1, -0.05) is 36.4 Å². The molecule has 0 spiro atoms. The quantitative estimate of drug-likeness (QED) is 0.624. The number of anilines is 2. The van der Waals surface area contributed by atoms with Gasteiger partial charge >= 0.3 is 0 Å². The van der Waals surface area contributed by atoms with Crippen molar-refractivity contribution in [1.82, 2.24) is 0 Å². The zero-order chi connectivity index (χ0) is 15.2. The molecule has 2 aromatic rings. The molecule has 0 saturated carbocycles. The van der Waals surface area contributed by atoms with Gasteiger partial charge in [0.1, 0.15) is 0 Å². The van der Waals surface area contributed by atoms with Gasteiger partial charge in [-0.2, -0.15) is 0 Å². The van der Waals surface area contributed by atoms with Crippen LogP contribution in [0, 0.1) is 10.1 Å². The van der Waals surface area contributed by atoms with Crippen molar-refractivity contribution in [2.24, 2.45) is 0 Å². The lowest BCUT2D eigenvalue weighted by molar-refractivity contribution is -0.403. The Morgan fingerprint density at radius 2 is 1.29 bits per heavy atom. The Bertz CT molecular complexity index is 579. The molecular formula is C16H17N3O2. The second-order valence-corrected chi connectivity index (χ2v) is 4.56. The minimum absolute atomic E-state index is 0.436. The van der Waals surface area contributed by atoms with Crippen LogP contribution in [0.4, 0.5) is 11.4 Å². The van der Waals surface area contributed by atoms with Crippen LogP contribution in [-0.2, 0) is 0 Å². The van der Waals surface area contributed by atoms with Crippen LogP contribution < -0.4 is 9.80 Å². The third kappa shape index (κ3) is 3.60. The molecule has 0 bridgehead atoms. The maximum absolute atomic E-state index is 11.0. The van der Waals surface area contributed by atoms with Crippen molar-refractivity contribution < 1.29 is 4.92 Å². The molecule has 0 atom stereocenters. The number of para-hydroxylation sites is 2. The molecule has 0 aromatic heterocycles. The van der Waals surface area contributed by atoms with Crippen molar-refractivity contribution >= 4 is 11.4 Å². The second kappa shape index (κ2) is 6.56. The molecule has 0 aliphatic carbocycles. The number of benzene rings is 2. The van der Waals surface area contributed by atoms with Gasteiger partial charge < -0.3 is 9.80 Å². The highest BCUT2D eigenvalue weighted by Crippen LogP contribution is 2.23. The van der Waals surface area contributed by atoms with Crippen molar-refractivity contribution in [3.8, 4) is 0 Å². The fourth-order valence-electron chi connectivity index (χ4n) is 2.06. The second-order valence-electron chi connectivity index (χ2n) is 4.56. The number of nitrogens with zero attached hydrogens (tertiary/aromatic N) is 3. The maximum Gasteiger partial charge on any atom is 0.275 e. The van der Waals surface area contributed by atoms with Crippen LogP contribution in [-0.4, -0.2) is 19.0 Å². The largest absolute Gasteiger partial charge is 0.326 e. The van der Waals surface area contributed by atoms with Crippen molar-refractivity contribution in [3.63, 3.8) is 0 Å². The van der Waals surface area contributed by atoms with Gasteiger partial charge in [-0.05, 0) is 24.3 Å². The van der Waals surface area contributed by atoms with Crippen LogP contribution in [0.25, 0.3) is 0 Å². The van der Waals surface area contributed by atoms with Crippen molar-refractivity contribution in [1.29, 1.82) is 0 Å². The van der Waals surface area contributed by atoms with Gasteiger partial charge in [0, 0.05) is 25.5 Å². The lowest BCUT2D eigenvalue weighted by Crippen LogP contribution is -2.31. The van der Waals surface area contributed by atoms with Crippen molar-refractivity contribution in [3.05, 3.63) is 82.8 Å². The predicted molar refractivity (Wildman–Crippen MR) is 84.8 cm³/mol. The Kier molecular flexibility index (Phi) is 4.56. The van der Waals surface area contributed by atoms with Gasteiger partial charge in [-0.15, -0.1) is 0 Å².